The van der Waals surface area contributed by atoms with E-state index in [4.69, 9.17) is 5.26 Å². The van der Waals surface area contributed by atoms with E-state index < -0.39 is 0 Å². The molecule has 76 valence electrons. The second-order valence-electron chi connectivity index (χ2n) is 3.72. The summed E-state index contributed by atoms with van der Waals surface area (Å²) in [5, 5.41) is 6.50. The summed E-state index contributed by atoms with van der Waals surface area (Å²) in [6.07, 6.45) is 5.59. The van der Waals surface area contributed by atoms with Gasteiger partial charge in [0.05, 0.1) is 0 Å². The zero-order valence-electron chi connectivity index (χ0n) is 9.00. The van der Waals surface area contributed by atoms with E-state index in [-0.39, 0.29) is 0 Å². The SMILES string of the molecule is C#N.CCCN1CCCC(CC)C1. The van der Waals surface area contributed by atoms with Crippen molar-refractivity contribution >= 4 is 0 Å². The highest BCUT2D eigenvalue weighted by molar-refractivity contribution is 4.71. The number of hydrogen-bond acceptors (Lipinski definition) is 2. The fourth-order valence-electron chi connectivity index (χ4n) is 2.00. The highest BCUT2D eigenvalue weighted by Gasteiger charge is 2.16. The van der Waals surface area contributed by atoms with Gasteiger partial charge in [-0.05, 0) is 38.3 Å². The Morgan fingerprint density at radius 3 is 2.62 bits per heavy atom. The Hall–Kier alpha value is -0.550. The standard InChI is InChI=1S/C10H21N.CHN/c1-3-7-11-8-5-6-10(4-2)9-11;1-2/h10H,3-9H2,1-2H3;1H. The Balaban J connectivity index is 0.000000671. The summed E-state index contributed by atoms with van der Waals surface area (Å²) >= 11 is 0. The molecule has 0 bridgehead atoms. The van der Waals surface area contributed by atoms with Gasteiger partial charge in [0.1, 0.15) is 0 Å². The van der Waals surface area contributed by atoms with Gasteiger partial charge in [-0.2, -0.15) is 0 Å². The second-order valence-corrected chi connectivity index (χ2v) is 3.72. The lowest BCUT2D eigenvalue weighted by Gasteiger charge is -2.31. The Kier molecular flexibility index (Phi) is 7.73. The van der Waals surface area contributed by atoms with Crippen LogP contribution in [0.25, 0.3) is 0 Å². The van der Waals surface area contributed by atoms with Gasteiger partial charge in [-0.3, -0.25) is 0 Å². The Morgan fingerprint density at radius 2 is 2.08 bits per heavy atom. The van der Waals surface area contributed by atoms with E-state index in [1.807, 2.05) is 0 Å². The summed E-state index contributed by atoms with van der Waals surface area (Å²) < 4.78 is 0. The molecule has 0 aromatic carbocycles. The molecule has 0 saturated carbocycles. The van der Waals surface area contributed by atoms with Crippen molar-refractivity contribution in [1.82, 2.24) is 4.90 Å². The topological polar surface area (TPSA) is 27.0 Å². The van der Waals surface area contributed by atoms with Gasteiger partial charge >= 0.3 is 0 Å². The Morgan fingerprint density at radius 1 is 1.38 bits per heavy atom. The lowest BCUT2D eigenvalue weighted by Crippen LogP contribution is -2.35. The molecule has 1 aliphatic rings. The number of rotatable bonds is 3. The molecule has 1 fully saturated rings. The zero-order chi connectivity index (χ0) is 10.1. The van der Waals surface area contributed by atoms with Crippen LogP contribution >= 0.6 is 0 Å². The van der Waals surface area contributed by atoms with E-state index in [1.54, 1.807) is 0 Å². The monoisotopic (exact) mass is 182 g/mol. The Bertz CT molecular complexity index is 129. The molecule has 1 unspecified atom stereocenters. The minimum atomic E-state index is 0.996. The van der Waals surface area contributed by atoms with Crippen molar-refractivity contribution in [3.05, 3.63) is 0 Å². The summed E-state index contributed by atoms with van der Waals surface area (Å²) in [7, 11) is 0. The highest BCUT2D eigenvalue weighted by Crippen LogP contribution is 2.18. The van der Waals surface area contributed by atoms with E-state index in [0.717, 1.165) is 5.92 Å². The lowest BCUT2D eigenvalue weighted by atomic mass is 9.96. The summed E-state index contributed by atoms with van der Waals surface area (Å²) in [6, 6.07) is 0. The third-order valence-corrected chi connectivity index (χ3v) is 2.72. The van der Waals surface area contributed by atoms with Crippen molar-refractivity contribution in [3.8, 4) is 6.57 Å². The fourth-order valence-corrected chi connectivity index (χ4v) is 2.00. The zero-order valence-corrected chi connectivity index (χ0v) is 9.00. The molecule has 1 heterocycles. The van der Waals surface area contributed by atoms with Crippen LogP contribution in [0.2, 0.25) is 0 Å². The van der Waals surface area contributed by atoms with Gasteiger partial charge in [0.2, 0.25) is 0 Å². The van der Waals surface area contributed by atoms with E-state index in [1.165, 1.54) is 45.3 Å². The third-order valence-electron chi connectivity index (χ3n) is 2.72. The molecule has 0 aromatic rings. The molecule has 1 atom stereocenters. The molecule has 2 heteroatoms. The molecular weight excluding hydrogens is 160 g/mol. The number of piperidine rings is 1. The van der Waals surface area contributed by atoms with Crippen LogP contribution in [0, 0.1) is 17.8 Å². The average Bonchev–Trinajstić information content (AvgIpc) is 2.22. The first-order valence-corrected chi connectivity index (χ1v) is 5.35. The van der Waals surface area contributed by atoms with Gasteiger partial charge in [0.15, 0.2) is 0 Å². The van der Waals surface area contributed by atoms with Gasteiger partial charge in [0.25, 0.3) is 0 Å². The first-order chi connectivity index (χ1) is 6.36. The number of likely N-dealkylation sites (tertiary alicyclic amines) is 1. The number of nitriles is 1. The van der Waals surface area contributed by atoms with Crippen molar-refractivity contribution in [2.45, 2.75) is 39.5 Å². The van der Waals surface area contributed by atoms with Gasteiger partial charge in [-0.1, -0.05) is 20.3 Å². The van der Waals surface area contributed by atoms with Crippen LogP contribution in [-0.4, -0.2) is 24.5 Å². The van der Waals surface area contributed by atoms with Crippen LogP contribution in [0.15, 0.2) is 0 Å². The highest BCUT2D eigenvalue weighted by atomic mass is 15.1. The van der Waals surface area contributed by atoms with Gasteiger partial charge in [-0.15, -0.1) is 0 Å². The van der Waals surface area contributed by atoms with Crippen molar-refractivity contribution in [2.75, 3.05) is 19.6 Å². The summed E-state index contributed by atoms with van der Waals surface area (Å²) in [5.74, 6) is 0.996. The van der Waals surface area contributed by atoms with Crippen LogP contribution in [-0.2, 0) is 0 Å². The predicted molar refractivity (Wildman–Crippen MR) is 56.4 cm³/mol. The molecule has 13 heavy (non-hydrogen) atoms. The molecule has 1 rings (SSSR count). The number of nitrogens with zero attached hydrogens (tertiary/aromatic N) is 2. The van der Waals surface area contributed by atoms with E-state index in [0.29, 0.717) is 0 Å². The van der Waals surface area contributed by atoms with Crippen LogP contribution < -0.4 is 0 Å². The molecule has 0 aromatic heterocycles. The summed E-state index contributed by atoms with van der Waals surface area (Å²) in [4.78, 5) is 2.62. The van der Waals surface area contributed by atoms with Crippen molar-refractivity contribution in [2.24, 2.45) is 5.92 Å². The normalized spacial score (nSPS) is 23.2. The maximum absolute atomic E-state index is 6.50. The fraction of sp³-hybridized carbons (Fsp3) is 0.909. The van der Waals surface area contributed by atoms with E-state index in [2.05, 4.69) is 25.3 Å². The minimum Gasteiger partial charge on any atom is -0.303 e. The molecule has 0 amide bonds. The quantitative estimate of drug-likeness (QED) is 0.671. The maximum Gasteiger partial charge on any atom is 0.0462 e. The minimum absolute atomic E-state index is 0.996. The maximum atomic E-state index is 6.50. The second kappa shape index (κ2) is 8.07. The molecular formula is C11H22N2. The summed E-state index contributed by atoms with van der Waals surface area (Å²) in [5.41, 5.74) is 0. The van der Waals surface area contributed by atoms with Crippen LogP contribution in [0.1, 0.15) is 39.5 Å². The molecule has 1 saturated heterocycles. The first kappa shape index (κ1) is 12.4. The molecule has 0 spiro atoms. The largest absolute Gasteiger partial charge is 0.303 e. The van der Waals surface area contributed by atoms with E-state index >= 15 is 0 Å². The number of hydrogen-bond donors (Lipinski definition) is 0. The van der Waals surface area contributed by atoms with Gasteiger partial charge < -0.3 is 4.90 Å². The van der Waals surface area contributed by atoms with Crippen molar-refractivity contribution in [1.29, 1.82) is 5.26 Å². The third kappa shape index (κ3) is 4.90. The van der Waals surface area contributed by atoms with Crippen molar-refractivity contribution < 1.29 is 0 Å². The van der Waals surface area contributed by atoms with Gasteiger partial charge in [0, 0.05) is 13.1 Å². The average molecular weight is 182 g/mol. The predicted octanol–water partition coefficient (Wildman–Crippen LogP) is 2.66. The van der Waals surface area contributed by atoms with Crippen LogP contribution in [0.3, 0.4) is 0 Å². The lowest BCUT2D eigenvalue weighted by molar-refractivity contribution is 0.172. The van der Waals surface area contributed by atoms with Crippen molar-refractivity contribution in [3.63, 3.8) is 0 Å². The van der Waals surface area contributed by atoms with E-state index in [9.17, 15) is 0 Å². The smallest absolute Gasteiger partial charge is 0.0462 e. The molecule has 1 aliphatic heterocycles. The first-order valence-electron chi connectivity index (χ1n) is 5.35. The molecule has 0 N–H and O–H groups in total. The van der Waals surface area contributed by atoms with Gasteiger partial charge in [-0.25, -0.2) is 5.26 Å². The summed E-state index contributed by atoms with van der Waals surface area (Å²) in [6.45, 7) is 12.1. The Labute approximate surface area is 82.5 Å². The van der Waals surface area contributed by atoms with Crippen LogP contribution in [0.5, 0.6) is 0 Å². The molecule has 0 aliphatic carbocycles. The molecule has 2 nitrogen and oxygen atoms in total. The van der Waals surface area contributed by atoms with Crippen LogP contribution in [0.4, 0.5) is 0 Å². The molecule has 0 radical (unpaired) electrons.